The number of aromatic nitrogens is 1. The van der Waals surface area contributed by atoms with Gasteiger partial charge in [-0.1, -0.05) is 43.0 Å². The van der Waals surface area contributed by atoms with Gasteiger partial charge in [-0.05, 0) is 74.1 Å². The number of pyridine rings is 1. The Kier molecular flexibility index (Phi) is 5.45. The van der Waals surface area contributed by atoms with Crippen LogP contribution in [-0.4, -0.2) is 16.6 Å². The van der Waals surface area contributed by atoms with E-state index in [-0.39, 0.29) is 5.76 Å². The predicted octanol–water partition coefficient (Wildman–Crippen LogP) is 6.84. The van der Waals surface area contributed by atoms with E-state index in [9.17, 15) is 5.11 Å². The lowest BCUT2D eigenvalue weighted by Gasteiger charge is -2.25. The minimum Gasteiger partial charge on any atom is -0.508 e. The van der Waals surface area contributed by atoms with Crippen LogP contribution in [0.25, 0.3) is 11.3 Å². The number of aryl methyl sites for hydroxylation is 2. The zero-order chi connectivity index (χ0) is 21.3. The van der Waals surface area contributed by atoms with Gasteiger partial charge in [-0.15, -0.1) is 0 Å². The van der Waals surface area contributed by atoms with Gasteiger partial charge in [-0.25, -0.2) is 0 Å². The minimum absolute atomic E-state index is 0.0688. The topological polar surface area (TPSA) is 36.4 Å². The van der Waals surface area contributed by atoms with E-state index in [1.54, 1.807) is 0 Å². The molecule has 1 aliphatic rings. The van der Waals surface area contributed by atoms with Gasteiger partial charge in [-0.2, -0.15) is 0 Å². The fraction of sp³-hybridized carbons (Fsp3) is 0.222. The lowest BCUT2D eigenvalue weighted by molar-refractivity contribution is 0.513. The molecule has 0 aliphatic heterocycles. The van der Waals surface area contributed by atoms with Crippen LogP contribution in [0.15, 0.2) is 74.0 Å². The molecule has 1 saturated carbocycles. The smallest absolute Gasteiger partial charge is 0.115 e. The average molecular weight is 397 g/mol. The number of rotatable bonds is 7. The second-order valence-electron chi connectivity index (χ2n) is 8.25. The summed E-state index contributed by atoms with van der Waals surface area (Å²) in [5.74, 6) is 0.831. The first-order valence-electron chi connectivity index (χ1n) is 10.4. The van der Waals surface area contributed by atoms with E-state index >= 15 is 0 Å². The molecule has 3 nitrogen and oxygen atoms in total. The largest absolute Gasteiger partial charge is 0.508 e. The van der Waals surface area contributed by atoms with Crippen molar-refractivity contribution in [3.63, 3.8) is 0 Å². The van der Waals surface area contributed by atoms with Crippen LogP contribution >= 0.6 is 0 Å². The van der Waals surface area contributed by atoms with Crippen LogP contribution in [0.4, 0.5) is 11.4 Å². The normalized spacial score (nSPS) is 13.1. The van der Waals surface area contributed by atoms with E-state index in [4.69, 9.17) is 4.98 Å². The molecule has 1 heterocycles. The highest BCUT2D eigenvalue weighted by Crippen LogP contribution is 2.35. The molecule has 2 aromatic carbocycles. The number of aliphatic hydroxyl groups excluding tert-OH is 1. The Bertz CT molecular complexity index is 1080. The van der Waals surface area contributed by atoms with Crippen molar-refractivity contribution in [3.05, 3.63) is 102 Å². The van der Waals surface area contributed by atoms with Crippen LogP contribution in [0, 0.1) is 19.8 Å². The molecule has 152 valence electrons. The summed E-state index contributed by atoms with van der Waals surface area (Å²) in [6.07, 6.45) is 4.54. The van der Waals surface area contributed by atoms with Crippen molar-refractivity contribution >= 4 is 22.7 Å². The van der Waals surface area contributed by atoms with Gasteiger partial charge in [0, 0.05) is 23.4 Å². The summed E-state index contributed by atoms with van der Waals surface area (Å²) in [6.45, 7) is 13.0. The summed E-state index contributed by atoms with van der Waals surface area (Å²) in [5.41, 5.74) is 7.86. The summed E-state index contributed by atoms with van der Waals surface area (Å²) in [6, 6.07) is 18.7. The monoisotopic (exact) mass is 396 g/mol. The lowest BCUT2D eigenvalue weighted by Crippen LogP contribution is -2.20. The van der Waals surface area contributed by atoms with E-state index in [1.807, 2.05) is 37.4 Å². The zero-order valence-corrected chi connectivity index (χ0v) is 17.7. The fourth-order valence-electron chi connectivity index (χ4n) is 3.64. The molecule has 4 rings (SSSR count). The third-order valence-corrected chi connectivity index (χ3v) is 5.75. The van der Waals surface area contributed by atoms with Crippen LogP contribution in [0.3, 0.4) is 0 Å². The highest BCUT2D eigenvalue weighted by molar-refractivity contribution is 5.79. The van der Waals surface area contributed by atoms with Crippen molar-refractivity contribution in [1.29, 1.82) is 0 Å². The Morgan fingerprint density at radius 3 is 2.30 bits per heavy atom. The summed E-state index contributed by atoms with van der Waals surface area (Å²) < 4.78 is 0. The van der Waals surface area contributed by atoms with E-state index in [1.165, 1.54) is 24.1 Å². The number of aliphatic hydroxyl groups is 1. The fourth-order valence-corrected chi connectivity index (χ4v) is 3.64. The molecule has 3 aromatic rings. The molecule has 1 aromatic heterocycles. The Hall–Kier alpha value is -3.33. The molecule has 0 unspecified atom stereocenters. The van der Waals surface area contributed by atoms with Gasteiger partial charge in [0.15, 0.2) is 0 Å². The Morgan fingerprint density at radius 2 is 1.70 bits per heavy atom. The summed E-state index contributed by atoms with van der Waals surface area (Å²) in [5, 5.41) is 9.84. The summed E-state index contributed by atoms with van der Waals surface area (Å²) in [4.78, 5) is 7.07. The predicted molar refractivity (Wildman–Crippen MR) is 126 cm³/mol. The third-order valence-electron chi connectivity index (χ3n) is 5.75. The van der Waals surface area contributed by atoms with Gasteiger partial charge in [-0.3, -0.25) is 4.98 Å². The second kappa shape index (κ2) is 8.19. The van der Waals surface area contributed by atoms with Gasteiger partial charge in [0.05, 0.1) is 17.6 Å². The van der Waals surface area contributed by atoms with Gasteiger partial charge < -0.3 is 10.0 Å². The molecule has 3 heteroatoms. The Balaban J connectivity index is 1.60. The molecular weight excluding hydrogens is 368 g/mol. The van der Waals surface area contributed by atoms with Crippen LogP contribution in [0.5, 0.6) is 0 Å². The van der Waals surface area contributed by atoms with E-state index in [0.29, 0.717) is 0 Å². The Labute approximate surface area is 179 Å². The average Bonchev–Trinajstić information content (AvgIpc) is 3.57. The van der Waals surface area contributed by atoms with Gasteiger partial charge >= 0.3 is 0 Å². The molecule has 0 saturated heterocycles. The minimum atomic E-state index is 0.0688. The van der Waals surface area contributed by atoms with Gasteiger partial charge in [0.2, 0.25) is 0 Å². The number of nitrogens with zero attached hydrogens (tertiary/aromatic N) is 2. The number of benzene rings is 2. The van der Waals surface area contributed by atoms with Crippen molar-refractivity contribution in [2.45, 2.75) is 26.7 Å². The van der Waals surface area contributed by atoms with Gasteiger partial charge in [0.1, 0.15) is 5.76 Å². The van der Waals surface area contributed by atoms with Crippen molar-refractivity contribution in [2.75, 3.05) is 11.4 Å². The van der Waals surface area contributed by atoms with E-state index in [2.05, 4.69) is 55.3 Å². The maximum Gasteiger partial charge on any atom is 0.115 e. The van der Waals surface area contributed by atoms with Crippen molar-refractivity contribution in [1.82, 2.24) is 4.98 Å². The zero-order valence-electron chi connectivity index (χ0n) is 17.7. The van der Waals surface area contributed by atoms with Crippen molar-refractivity contribution < 1.29 is 5.11 Å². The van der Waals surface area contributed by atoms with Crippen LogP contribution < -0.4 is 4.90 Å². The number of hydrogen-bond donors (Lipinski definition) is 1. The molecule has 1 fully saturated rings. The quantitative estimate of drug-likeness (QED) is 0.444. The second-order valence-corrected chi connectivity index (χ2v) is 8.25. The molecule has 1 N–H and O–H groups in total. The van der Waals surface area contributed by atoms with Gasteiger partial charge in [0.25, 0.3) is 0 Å². The SMILES string of the molecule is C=C(c1ccc(C)c(C(=C)O)c1)c1ccc(N(CC2CC2)c2ccc(C)cc2)cn1. The molecule has 0 bridgehead atoms. The molecule has 0 spiro atoms. The lowest BCUT2D eigenvalue weighted by atomic mass is 9.98. The number of hydrogen-bond acceptors (Lipinski definition) is 3. The van der Waals surface area contributed by atoms with Crippen LogP contribution in [-0.2, 0) is 0 Å². The van der Waals surface area contributed by atoms with E-state index in [0.717, 1.165) is 46.1 Å². The third kappa shape index (κ3) is 4.30. The molecule has 0 radical (unpaired) electrons. The highest BCUT2D eigenvalue weighted by Gasteiger charge is 2.25. The molecule has 0 amide bonds. The molecular formula is C27H28N2O. The van der Waals surface area contributed by atoms with Crippen molar-refractivity contribution in [2.24, 2.45) is 5.92 Å². The van der Waals surface area contributed by atoms with E-state index < -0.39 is 0 Å². The number of anilines is 2. The van der Waals surface area contributed by atoms with Crippen LogP contribution in [0.1, 0.15) is 40.8 Å². The first-order chi connectivity index (χ1) is 14.4. The first-order valence-corrected chi connectivity index (χ1v) is 10.4. The molecule has 0 atom stereocenters. The summed E-state index contributed by atoms with van der Waals surface area (Å²) >= 11 is 0. The first kappa shape index (κ1) is 20.0. The Morgan fingerprint density at radius 1 is 1.00 bits per heavy atom. The summed E-state index contributed by atoms with van der Waals surface area (Å²) in [7, 11) is 0. The standard InChI is InChI=1S/C27H28N2O/c1-18-5-11-24(12-6-18)29(17-22-8-9-22)25-13-14-27(28-16-25)20(3)23-10-7-19(2)26(15-23)21(4)30/h5-7,10-16,22,30H,3-4,8-9,17H2,1-2H3. The molecule has 1 aliphatic carbocycles. The van der Waals surface area contributed by atoms with Crippen molar-refractivity contribution in [3.8, 4) is 0 Å². The highest BCUT2D eigenvalue weighted by atomic mass is 16.3. The maximum absolute atomic E-state index is 9.84. The molecule has 30 heavy (non-hydrogen) atoms. The maximum atomic E-state index is 9.84. The van der Waals surface area contributed by atoms with Crippen LogP contribution in [0.2, 0.25) is 0 Å².